The largest absolute Gasteiger partial charge is 0.339 e. The quantitative estimate of drug-likeness (QED) is 0.409. The summed E-state index contributed by atoms with van der Waals surface area (Å²) >= 11 is 0. The van der Waals surface area contributed by atoms with Gasteiger partial charge in [0.2, 0.25) is 5.91 Å². The number of carbonyl (C=O) groups is 1. The minimum absolute atomic E-state index is 0.0870. The van der Waals surface area contributed by atoms with Gasteiger partial charge in [-0.3, -0.25) is 4.79 Å². The van der Waals surface area contributed by atoms with Crippen molar-refractivity contribution in [3.63, 3.8) is 0 Å². The Hall–Kier alpha value is -0.790. The maximum atomic E-state index is 11.5. The molecule has 0 radical (unpaired) electrons. The van der Waals surface area contributed by atoms with E-state index in [0.29, 0.717) is 0 Å². The molecule has 2 heteroatoms. The Morgan fingerprint density at radius 2 is 1.56 bits per heavy atom. The average Bonchev–Trinajstić information content (AvgIpc) is 2.31. The summed E-state index contributed by atoms with van der Waals surface area (Å²) in [4.78, 5) is 13.5. The van der Waals surface area contributed by atoms with Gasteiger partial charge in [-0.1, -0.05) is 52.5 Å². The summed E-state index contributed by atoms with van der Waals surface area (Å²) in [6.45, 7) is 9.71. The van der Waals surface area contributed by atoms with Crippen LogP contribution in [0.3, 0.4) is 0 Å². The highest BCUT2D eigenvalue weighted by molar-refractivity contribution is 5.86. The zero-order chi connectivity index (χ0) is 12.2. The molecule has 0 spiro atoms. The van der Waals surface area contributed by atoms with Crippen molar-refractivity contribution < 1.29 is 4.79 Å². The van der Waals surface area contributed by atoms with E-state index in [1.807, 2.05) is 4.90 Å². The molecule has 0 rings (SSSR count). The molecule has 0 N–H and O–H groups in total. The topological polar surface area (TPSA) is 20.3 Å². The molecule has 94 valence electrons. The van der Waals surface area contributed by atoms with Crippen molar-refractivity contribution >= 4 is 5.91 Å². The van der Waals surface area contributed by atoms with Crippen LogP contribution in [0, 0.1) is 0 Å². The van der Waals surface area contributed by atoms with Crippen molar-refractivity contribution in [2.45, 2.75) is 58.8 Å². The second-order valence-electron chi connectivity index (χ2n) is 4.30. The highest BCUT2D eigenvalue weighted by atomic mass is 16.2. The average molecular weight is 225 g/mol. The second-order valence-corrected chi connectivity index (χ2v) is 4.30. The fourth-order valence-corrected chi connectivity index (χ4v) is 1.72. The molecular weight excluding hydrogens is 198 g/mol. The predicted molar refractivity (Wildman–Crippen MR) is 70.4 cm³/mol. The van der Waals surface area contributed by atoms with Gasteiger partial charge < -0.3 is 4.90 Å². The van der Waals surface area contributed by atoms with Crippen molar-refractivity contribution in [2.24, 2.45) is 0 Å². The van der Waals surface area contributed by atoms with Gasteiger partial charge in [-0.05, 0) is 18.9 Å². The van der Waals surface area contributed by atoms with Gasteiger partial charge in [-0.15, -0.1) is 0 Å². The number of hydrogen-bond donors (Lipinski definition) is 0. The minimum Gasteiger partial charge on any atom is -0.339 e. The van der Waals surface area contributed by atoms with E-state index >= 15 is 0 Å². The minimum atomic E-state index is 0.0870. The summed E-state index contributed by atoms with van der Waals surface area (Å²) < 4.78 is 0. The van der Waals surface area contributed by atoms with E-state index in [0.717, 1.165) is 32.4 Å². The highest BCUT2D eigenvalue weighted by Gasteiger charge is 2.08. The van der Waals surface area contributed by atoms with Crippen molar-refractivity contribution in [1.82, 2.24) is 4.90 Å². The SMILES string of the molecule is C=CC(=O)N(CCCC)CCCCCCC. The van der Waals surface area contributed by atoms with E-state index in [9.17, 15) is 4.79 Å². The Morgan fingerprint density at radius 3 is 2.12 bits per heavy atom. The molecule has 2 nitrogen and oxygen atoms in total. The molecular formula is C14H27NO. The summed E-state index contributed by atoms with van der Waals surface area (Å²) in [6.07, 6.45) is 9.90. The van der Waals surface area contributed by atoms with Crippen molar-refractivity contribution in [3.05, 3.63) is 12.7 Å². The molecule has 0 heterocycles. The summed E-state index contributed by atoms with van der Waals surface area (Å²) in [7, 11) is 0. The fraction of sp³-hybridized carbons (Fsp3) is 0.786. The van der Waals surface area contributed by atoms with E-state index in [4.69, 9.17) is 0 Å². The Bertz CT molecular complexity index is 189. The molecule has 0 aliphatic carbocycles. The van der Waals surface area contributed by atoms with Crippen LogP contribution in [0.4, 0.5) is 0 Å². The Labute approximate surface area is 101 Å². The lowest BCUT2D eigenvalue weighted by Gasteiger charge is -2.20. The number of carbonyl (C=O) groups excluding carboxylic acids is 1. The first-order valence-electron chi connectivity index (χ1n) is 6.67. The summed E-state index contributed by atoms with van der Waals surface area (Å²) in [5, 5.41) is 0. The first-order valence-corrected chi connectivity index (χ1v) is 6.67. The molecule has 0 aliphatic rings. The van der Waals surface area contributed by atoms with Crippen LogP contribution in [0.2, 0.25) is 0 Å². The van der Waals surface area contributed by atoms with Gasteiger partial charge in [0.1, 0.15) is 0 Å². The van der Waals surface area contributed by atoms with E-state index in [2.05, 4.69) is 20.4 Å². The van der Waals surface area contributed by atoms with Gasteiger partial charge in [0.15, 0.2) is 0 Å². The first-order chi connectivity index (χ1) is 7.76. The first kappa shape index (κ1) is 15.2. The van der Waals surface area contributed by atoms with Crippen LogP contribution in [0.1, 0.15) is 58.8 Å². The highest BCUT2D eigenvalue weighted by Crippen LogP contribution is 2.05. The normalized spacial score (nSPS) is 10.1. The van der Waals surface area contributed by atoms with Crippen LogP contribution in [0.5, 0.6) is 0 Å². The standard InChI is InChI=1S/C14H27NO/c1-4-7-9-10-11-13-15(12-8-5-2)14(16)6-3/h6H,3-5,7-13H2,1-2H3. The molecule has 16 heavy (non-hydrogen) atoms. The molecule has 0 unspecified atom stereocenters. The molecule has 0 saturated heterocycles. The van der Waals surface area contributed by atoms with Crippen LogP contribution in [0.25, 0.3) is 0 Å². The molecule has 0 aromatic heterocycles. The second kappa shape index (κ2) is 10.7. The van der Waals surface area contributed by atoms with Gasteiger partial charge in [0, 0.05) is 13.1 Å². The fourth-order valence-electron chi connectivity index (χ4n) is 1.72. The van der Waals surface area contributed by atoms with Crippen LogP contribution in [-0.2, 0) is 4.79 Å². The lowest BCUT2D eigenvalue weighted by atomic mass is 10.1. The molecule has 0 aliphatic heterocycles. The van der Waals surface area contributed by atoms with Gasteiger partial charge in [0.25, 0.3) is 0 Å². The Morgan fingerprint density at radius 1 is 1.00 bits per heavy atom. The summed E-state index contributed by atoms with van der Waals surface area (Å²) in [5.74, 6) is 0.0870. The van der Waals surface area contributed by atoms with E-state index < -0.39 is 0 Å². The predicted octanol–water partition coefficient (Wildman–Crippen LogP) is 3.77. The van der Waals surface area contributed by atoms with Gasteiger partial charge >= 0.3 is 0 Å². The van der Waals surface area contributed by atoms with E-state index in [1.54, 1.807) is 0 Å². The zero-order valence-corrected chi connectivity index (χ0v) is 11.0. The lowest BCUT2D eigenvalue weighted by molar-refractivity contribution is -0.126. The molecule has 0 aromatic rings. The van der Waals surface area contributed by atoms with Gasteiger partial charge in [-0.2, -0.15) is 0 Å². The third-order valence-corrected chi connectivity index (χ3v) is 2.80. The third-order valence-electron chi connectivity index (χ3n) is 2.80. The zero-order valence-electron chi connectivity index (χ0n) is 11.0. The number of amides is 1. The Balaban J connectivity index is 3.73. The molecule has 0 bridgehead atoms. The maximum Gasteiger partial charge on any atom is 0.245 e. The maximum absolute atomic E-state index is 11.5. The van der Waals surface area contributed by atoms with Crippen LogP contribution in [-0.4, -0.2) is 23.9 Å². The number of unbranched alkanes of at least 4 members (excludes halogenated alkanes) is 5. The molecule has 0 saturated carbocycles. The van der Waals surface area contributed by atoms with Crippen LogP contribution in [0.15, 0.2) is 12.7 Å². The van der Waals surface area contributed by atoms with E-state index in [-0.39, 0.29) is 5.91 Å². The smallest absolute Gasteiger partial charge is 0.245 e. The molecule has 0 fully saturated rings. The van der Waals surface area contributed by atoms with E-state index in [1.165, 1.54) is 31.8 Å². The number of hydrogen-bond acceptors (Lipinski definition) is 1. The van der Waals surface area contributed by atoms with Crippen molar-refractivity contribution in [2.75, 3.05) is 13.1 Å². The number of rotatable bonds is 10. The van der Waals surface area contributed by atoms with Gasteiger partial charge in [-0.25, -0.2) is 0 Å². The van der Waals surface area contributed by atoms with Gasteiger partial charge in [0.05, 0.1) is 0 Å². The summed E-state index contributed by atoms with van der Waals surface area (Å²) in [6, 6.07) is 0. The monoisotopic (exact) mass is 225 g/mol. The third kappa shape index (κ3) is 7.49. The molecule has 0 atom stereocenters. The lowest BCUT2D eigenvalue weighted by Crippen LogP contribution is -2.31. The number of nitrogens with zero attached hydrogens (tertiary/aromatic N) is 1. The summed E-state index contributed by atoms with van der Waals surface area (Å²) in [5.41, 5.74) is 0. The van der Waals surface area contributed by atoms with Crippen molar-refractivity contribution in [1.29, 1.82) is 0 Å². The van der Waals surface area contributed by atoms with Crippen LogP contribution >= 0.6 is 0 Å². The van der Waals surface area contributed by atoms with Crippen LogP contribution < -0.4 is 0 Å². The molecule has 1 amide bonds. The Kier molecular flexibility index (Phi) is 10.2. The molecule has 0 aromatic carbocycles. The van der Waals surface area contributed by atoms with Crippen molar-refractivity contribution in [3.8, 4) is 0 Å².